The van der Waals surface area contributed by atoms with Gasteiger partial charge in [0, 0.05) is 12.2 Å². The standard InChI is InChI=1S/C24H27N3O3/c1-3-4-15-29-19-10-12-21(13-11-19)30-20-8-6-18(7-9-20)16-26-24(28)22-14-5-17(2)27-23(22)25/h5-14H,3-4,15-16H2,1-2H3,(H2,25,27)(H,26,28). The van der Waals surface area contributed by atoms with Gasteiger partial charge in [-0.25, -0.2) is 4.98 Å². The first-order valence-electron chi connectivity index (χ1n) is 10.1. The van der Waals surface area contributed by atoms with E-state index in [0.29, 0.717) is 12.1 Å². The van der Waals surface area contributed by atoms with Crippen LogP contribution in [0.5, 0.6) is 17.2 Å². The number of rotatable bonds is 9. The fraction of sp³-hybridized carbons (Fsp3) is 0.250. The van der Waals surface area contributed by atoms with E-state index in [2.05, 4.69) is 17.2 Å². The number of aryl methyl sites for hydroxylation is 1. The van der Waals surface area contributed by atoms with E-state index in [-0.39, 0.29) is 11.7 Å². The van der Waals surface area contributed by atoms with Crippen LogP contribution in [0.4, 0.5) is 5.82 Å². The molecular weight excluding hydrogens is 378 g/mol. The van der Waals surface area contributed by atoms with Crippen molar-refractivity contribution in [1.29, 1.82) is 0 Å². The Morgan fingerprint density at radius 3 is 2.23 bits per heavy atom. The fourth-order valence-corrected chi connectivity index (χ4v) is 2.80. The Kier molecular flexibility index (Phi) is 7.27. The molecule has 3 rings (SSSR count). The summed E-state index contributed by atoms with van der Waals surface area (Å²) in [6.07, 6.45) is 2.15. The summed E-state index contributed by atoms with van der Waals surface area (Å²) in [7, 11) is 0. The second kappa shape index (κ2) is 10.3. The summed E-state index contributed by atoms with van der Waals surface area (Å²) in [6, 6.07) is 18.6. The molecule has 0 aliphatic rings. The van der Waals surface area contributed by atoms with Gasteiger partial charge in [-0.3, -0.25) is 4.79 Å². The van der Waals surface area contributed by atoms with Crippen molar-refractivity contribution in [1.82, 2.24) is 10.3 Å². The van der Waals surface area contributed by atoms with Crippen LogP contribution >= 0.6 is 0 Å². The SMILES string of the molecule is CCCCOc1ccc(Oc2ccc(CNC(=O)c3ccc(C)nc3N)cc2)cc1. The Hall–Kier alpha value is -3.54. The minimum Gasteiger partial charge on any atom is -0.494 e. The van der Waals surface area contributed by atoms with Crippen LogP contribution in [0.1, 0.15) is 41.4 Å². The van der Waals surface area contributed by atoms with Crippen molar-refractivity contribution in [2.75, 3.05) is 12.3 Å². The van der Waals surface area contributed by atoms with Gasteiger partial charge in [0.1, 0.15) is 23.1 Å². The molecule has 2 aromatic carbocycles. The third-order valence-electron chi connectivity index (χ3n) is 4.51. The second-order valence-electron chi connectivity index (χ2n) is 6.99. The molecule has 1 aromatic heterocycles. The summed E-state index contributed by atoms with van der Waals surface area (Å²) in [5, 5.41) is 2.86. The zero-order chi connectivity index (χ0) is 21.3. The molecule has 0 radical (unpaired) electrons. The molecule has 0 saturated carbocycles. The number of anilines is 1. The van der Waals surface area contributed by atoms with Gasteiger partial charge in [-0.05, 0) is 67.4 Å². The predicted octanol–water partition coefficient (Wildman–Crippen LogP) is 4.87. The van der Waals surface area contributed by atoms with Gasteiger partial charge in [0.2, 0.25) is 0 Å². The largest absolute Gasteiger partial charge is 0.494 e. The zero-order valence-electron chi connectivity index (χ0n) is 17.4. The van der Waals surface area contributed by atoms with E-state index in [1.165, 1.54) is 0 Å². The van der Waals surface area contributed by atoms with E-state index in [9.17, 15) is 4.79 Å². The number of carbonyl (C=O) groups is 1. The van der Waals surface area contributed by atoms with E-state index in [1.807, 2.05) is 55.5 Å². The van der Waals surface area contributed by atoms with E-state index >= 15 is 0 Å². The number of hydrogen-bond donors (Lipinski definition) is 2. The van der Waals surface area contributed by atoms with Crippen LogP contribution in [0.25, 0.3) is 0 Å². The van der Waals surface area contributed by atoms with E-state index in [4.69, 9.17) is 15.2 Å². The fourth-order valence-electron chi connectivity index (χ4n) is 2.80. The molecule has 156 valence electrons. The van der Waals surface area contributed by atoms with E-state index < -0.39 is 0 Å². The van der Waals surface area contributed by atoms with Crippen LogP contribution in [0.2, 0.25) is 0 Å². The maximum absolute atomic E-state index is 12.3. The minimum absolute atomic E-state index is 0.234. The van der Waals surface area contributed by atoms with Crippen LogP contribution in [-0.4, -0.2) is 17.5 Å². The average molecular weight is 405 g/mol. The van der Waals surface area contributed by atoms with Crippen LogP contribution in [-0.2, 0) is 6.54 Å². The third-order valence-corrected chi connectivity index (χ3v) is 4.51. The smallest absolute Gasteiger partial charge is 0.255 e. The number of nitrogens with one attached hydrogen (secondary N) is 1. The molecule has 1 heterocycles. The Morgan fingerprint density at radius 1 is 0.967 bits per heavy atom. The topological polar surface area (TPSA) is 86.5 Å². The lowest BCUT2D eigenvalue weighted by Gasteiger charge is -2.10. The summed E-state index contributed by atoms with van der Waals surface area (Å²) >= 11 is 0. The Morgan fingerprint density at radius 2 is 1.60 bits per heavy atom. The number of carbonyl (C=O) groups excluding carboxylic acids is 1. The van der Waals surface area contributed by atoms with Crippen molar-refractivity contribution in [2.24, 2.45) is 0 Å². The highest BCUT2D eigenvalue weighted by Gasteiger charge is 2.10. The van der Waals surface area contributed by atoms with Crippen molar-refractivity contribution < 1.29 is 14.3 Å². The highest BCUT2D eigenvalue weighted by atomic mass is 16.5. The minimum atomic E-state index is -0.249. The number of ether oxygens (including phenoxy) is 2. The van der Waals surface area contributed by atoms with Crippen molar-refractivity contribution >= 4 is 11.7 Å². The molecule has 3 N–H and O–H groups in total. The van der Waals surface area contributed by atoms with Gasteiger partial charge < -0.3 is 20.5 Å². The lowest BCUT2D eigenvalue weighted by molar-refractivity contribution is 0.0951. The van der Waals surface area contributed by atoms with Crippen LogP contribution in [0, 0.1) is 6.92 Å². The van der Waals surface area contributed by atoms with Gasteiger partial charge in [0.15, 0.2) is 0 Å². The maximum atomic E-state index is 12.3. The summed E-state index contributed by atoms with van der Waals surface area (Å²) in [5.41, 5.74) is 7.93. The summed E-state index contributed by atoms with van der Waals surface area (Å²) in [4.78, 5) is 16.4. The average Bonchev–Trinajstić information content (AvgIpc) is 2.74. The number of benzene rings is 2. The van der Waals surface area contributed by atoms with Crippen molar-refractivity contribution in [3.8, 4) is 17.2 Å². The number of nitrogens with zero attached hydrogens (tertiary/aromatic N) is 1. The lowest BCUT2D eigenvalue weighted by Crippen LogP contribution is -2.24. The van der Waals surface area contributed by atoms with E-state index in [1.54, 1.807) is 12.1 Å². The Labute approximate surface area is 177 Å². The highest BCUT2D eigenvalue weighted by Crippen LogP contribution is 2.24. The molecule has 0 aliphatic heterocycles. The number of nitrogen functional groups attached to an aromatic ring is 1. The Balaban J connectivity index is 1.51. The molecule has 0 bridgehead atoms. The van der Waals surface area contributed by atoms with Gasteiger partial charge in [-0.2, -0.15) is 0 Å². The molecule has 3 aromatic rings. The molecule has 6 nitrogen and oxygen atoms in total. The summed E-state index contributed by atoms with van der Waals surface area (Å²) in [5.74, 6) is 2.28. The number of hydrogen-bond acceptors (Lipinski definition) is 5. The third kappa shape index (κ3) is 5.98. The molecule has 0 aliphatic carbocycles. The normalized spacial score (nSPS) is 10.5. The number of pyridine rings is 1. The zero-order valence-corrected chi connectivity index (χ0v) is 17.4. The molecule has 0 spiro atoms. The first-order valence-corrected chi connectivity index (χ1v) is 10.1. The van der Waals surface area contributed by atoms with Gasteiger partial charge in [-0.1, -0.05) is 25.5 Å². The quantitative estimate of drug-likeness (QED) is 0.496. The summed E-state index contributed by atoms with van der Waals surface area (Å²) < 4.78 is 11.5. The molecule has 0 unspecified atom stereocenters. The van der Waals surface area contributed by atoms with Gasteiger partial charge in [0.05, 0.1) is 12.2 Å². The second-order valence-corrected chi connectivity index (χ2v) is 6.99. The lowest BCUT2D eigenvalue weighted by atomic mass is 10.2. The Bertz CT molecular complexity index is 970. The summed E-state index contributed by atoms with van der Waals surface area (Å²) in [6.45, 7) is 5.08. The molecular formula is C24H27N3O3. The van der Waals surface area contributed by atoms with E-state index in [0.717, 1.165) is 48.0 Å². The van der Waals surface area contributed by atoms with Crippen molar-refractivity contribution in [2.45, 2.75) is 33.2 Å². The predicted molar refractivity (Wildman–Crippen MR) is 118 cm³/mol. The molecule has 0 atom stereocenters. The highest BCUT2D eigenvalue weighted by molar-refractivity contribution is 5.98. The van der Waals surface area contributed by atoms with Crippen molar-refractivity contribution in [3.05, 3.63) is 77.5 Å². The maximum Gasteiger partial charge on any atom is 0.255 e. The van der Waals surface area contributed by atoms with Crippen LogP contribution in [0.3, 0.4) is 0 Å². The number of unbranched alkanes of at least 4 members (excludes halogenated alkanes) is 1. The van der Waals surface area contributed by atoms with Gasteiger partial charge >= 0.3 is 0 Å². The van der Waals surface area contributed by atoms with Gasteiger partial charge in [0.25, 0.3) is 5.91 Å². The number of amides is 1. The number of aromatic nitrogens is 1. The molecule has 0 fully saturated rings. The molecule has 1 amide bonds. The van der Waals surface area contributed by atoms with Crippen LogP contribution < -0.4 is 20.5 Å². The molecule has 0 saturated heterocycles. The molecule has 30 heavy (non-hydrogen) atoms. The first-order chi connectivity index (χ1) is 14.5. The monoisotopic (exact) mass is 405 g/mol. The molecule has 6 heteroatoms. The number of nitrogens with two attached hydrogens (primary N) is 1. The van der Waals surface area contributed by atoms with Crippen LogP contribution in [0.15, 0.2) is 60.7 Å². The van der Waals surface area contributed by atoms with Gasteiger partial charge in [-0.15, -0.1) is 0 Å². The first kappa shape index (κ1) is 21.2. The van der Waals surface area contributed by atoms with Crippen molar-refractivity contribution in [3.63, 3.8) is 0 Å².